The molecule has 16 heavy (non-hydrogen) atoms. The second-order valence-corrected chi connectivity index (χ2v) is 5.33. The number of hydrogen-bond acceptors (Lipinski definition) is 3. The van der Waals surface area contributed by atoms with E-state index in [-0.39, 0.29) is 24.0 Å². The lowest BCUT2D eigenvalue weighted by molar-refractivity contribution is -0.124. The summed E-state index contributed by atoms with van der Waals surface area (Å²) in [5.41, 5.74) is 5.65. The number of carbonyl (C=O) groups is 1. The molecule has 1 fully saturated rings. The lowest BCUT2D eigenvalue weighted by atomic mass is 9.88. The highest BCUT2D eigenvalue weighted by molar-refractivity contribution is 5.76. The Morgan fingerprint density at radius 3 is 2.56 bits per heavy atom. The Kier molecular flexibility index (Phi) is 5.22. The molecule has 1 rings (SSSR count). The predicted molar refractivity (Wildman–Crippen MR) is 63.8 cm³/mol. The van der Waals surface area contributed by atoms with Gasteiger partial charge in [0.1, 0.15) is 0 Å². The third-order valence-electron chi connectivity index (χ3n) is 3.09. The number of nitrogens with two attached hydrogens (primary N) is 1. The van der Waals surface area contributed by atoms with Crippen molar-refractivity contribution in [2.75, 3.05) is 6.54 Å². The molecule has 0 unspecified atom stereocenters. The second kappa shape index (κ2) is 6.21. The molecular formula is C12H24N2O2. The maximum Gasteiger partial charge on any atom is 0.220 e. The van der Waals surface area contributed by atoms with E-state index in [0.717, 1.165) is 6.42 Å². The molecule has 0 saturated heterocycles. The fraction of sp³-hybridized carbons (Fsp3) is 0.917. The quantitative estimate of drug-likeness (QED) is 0.624. The summed E-state index contributed by atoms with van der Waals surface area (Å²) in [5.74, 6) is 0.935. The summed E-state index contributed by atoms with van der Waals surface area (Å²) >= 11 is 0. The maximum atomic E-state index is 11.7. The van der Waals surface area contributed by atoms with Crippen LogP contribution in [0.2, 0.25) is 0 Å². The van der Waals surface area contributed by atoms with Crippen LogP contribution in [0.1, 0.15) is 39.5 Å². The van der Waals surface area contributed by atoms with E-state index in [1.165, 1.54) is 0 Å². The number of amides is 1. The average molecular weight is 228 g/mol. The summed E-state index contributed by atoms with van der Waals surface area (Å²) in [4.78, 5) is 11.7. The van der Waals surface area contributed by atoms with E-state index in [9.17, 15) is 4.79 Å². The summed E-state index contributed by atoms with van der Waals surface area (Å²) < 4.78 is 0. The Labute approximate surface area is 97.6 Å². The molecule has 1 atom stereocenters. The zero-order valence-electron chi connectivity index (χ0n) is 10.3. The monoisotopic (exact) mass is 228 g/mol. The van der Waals surface area contributed by atoms with Crippen molar-refractivity contribution in [2.45, 2.75) is 51.7 Å². The molecule has 1 amide bonds. The van der Waals surface area contributed by atoms with Gasteiger partial charge in [-0.25, -0.2) is 0 Å². The molecule has 0 aromatic rings. The number of aliphatic hydroxyl groups excluding tert-OH is 1. The van der Waals surface area contributed by atoms with Crippen LogP contribution < -0.4 is 11.1 Å². The third kappa shape index (κ3) is 4.49. The van der Waals surface area contributed by atoms with E-state index in [1.54, 1.807) is 0 Å². The van der Waals surface area contributed by atoms with Gasteiger partial charge in [-0.05, 0) is 37.6 Å². The molecule has 0 aliphatic heterocycles. The van der Waals surface area contributed by atoms with Gasteiger partial charge in [0, 0.05) is 12.5 Å². The predicted octanol–water partition coefficient (Wildman–Crippen LogP) is 0.637. The van der Waals surface area contributed by atoms with Gasteiger partial charge < -0.3 is 16.2 Å². The van der Waals surface area contributed by atoms with E-state index in [4.69, 9.17) is 10.8 Å². The molecule has 4 heteroatoms. The molecule has 0 aromatic carbocycles. The first-order chi connectivity index (χ1) is 7.51. The highest BCUT2D eigenvalue weighted by atomic mass is 16.3. The molecule has 4 nitrogen and oxygen atoms in total. The number of nitrogens with one attached hydrogen (secondary N) is 1. The summed E-state index contributed by atoms with van der Waals surface area (Å²) in [7, 11) is 0. The molecule has 0 bridgehead atoms. The van der Waals surface area contributed by atoms with Crippen LogP contribution in [-0.4, -0.2) is 29.7 Å². The fourth-order valence-corrected chi connectivity index (χ4v) is 2.18. The minimum absolute atomic E-state index is 0.0769. The van der Waals surface area contributed by atoms with E-state index < -0.39 is 0 Å². The van der Waals surface area contributed by atoms with E-state index in [1.807, 2.05) is 0 Å². The minimum atomic E-state index is -0.216. The van der Waals surface area contributed by atoms with Gasteiger partial charge in [-0.1, -0.05) is 13.8 Å². The zero-order valence-corrected chi connectivity index (χ0v) is 10.3. The topological polar surface area (TPSA) is 75.4 Å². The minimum Gasteiger partial charge on any atom is -0.393 e. The summed E-state index contributed by atoms with van der Waals surface area (Å²) in [6, 6.07) is 0.181. The van der Waals surface area contributed by atoms with E-state index in [2.05, 4.69) is 19.2 Å². The standard InChI is InChI=1S/C12H24N2O2/c1-8(2)3-9(7-13)4-12(16)14-10-5-11(15)6-10/h8-11,15H,3-7,13H2,1-2H3,(H,14,16)/t9-,10?,11?/m0/s1. The Balaban J connectivity index is 2.20. The van der Waals surface area contributed by atoms with Gasteiger partial charge in [0.15, 0.2) is 0 Å². The van der Waals surface area contributed by atoms with Gasteiger partial charge in [0.25, 0.3) is 0 Å². The molecule has 4 N–H and O–H groups in total. The third-order valence-corrected chi connectivity index (χ3v) is 3.09. The van der Waals surface area contributed by atoms with Crippen LogP contribution in [0.15, 0.2) is 0 Å². The molecule has 1 aliphatic carbocycles. The fourth-order valence-electron chi connectivity index (χ4n) is 2.18. The van der Waals surface area contributed by atoms with Crippen molar-refractivity contribution in [3.05, 3.63) is 0 Å². The average Bonchev–Trinajstić information content (AvgIpc) is 2.13. The highest BCUT2D eigenvalue weighted by Crippen LogP contribution is 2.20. The lowest BCUT2D eigenvalue weighted by Crippen LogP contribution is -2.47. The maximum absolute atomic E-state index is 11.7. The Hall–Kier alpha value is -0.610. The van der Waals surface area contributed by atoms with Crippen LogP contribution in [0.5, 0.6) is 0 Å². The number of rotatable bonds is 6. The second-order valence-electron chi connectivity index (χ2n) is 5.33. The molecular weight excluding hydrogens is 204 g/mol. The van der Waals surface area contributed by atoms with Gasteiger partial charge in [0.05, 0.1) is 6.10 Å². The van der Waals surface area contributed by atoms with Crippen molar-refractivity contribution in [3.63, 3.8) is 0 Å². The van der Waals surface area contributed by atoms with Crippen LogP contribution in [0.25, 0.3) is 0 Å². The number of hydrogen-bond donors (Lipinski definition) is 3. The molecule has 0 heterocycles. The van der Waals surface area contributed by atoms with Gasteiger partial charge >= 0.3 is 0 Å². The van der Waals surface area contributed by atoms with Crippen LogP contribution in [0, 0.1) is 11.8 Å². The van der Waals surface area contributed by atoms with Crippen molar-refractivity contribution < 1.29 is 9.90 Å². The van der Waals surface area contributed by atoms with Crippen LogP contribution >= 0.6 is 0 Å². The molecule has 0 aromatic heterocycles. The largest absolute Gasteiger partial charge is 0.393 e. The first kappa shape index (κ1) is 13.5. The summed E-state index contributed by atoms with van der Waals surface area (Å²) in [6.07, 6.45) is 2.69. The van der Waals surface area contributed by atoms with E-state index >= 15 is 0 Å². The van der Waals surface area contributed by atoms with Gasteiger partial charge in [-0.3, -0.25) is 4.79 Å². The number of aliphatic hydroxyl groups is 1. The molecule has 1 aliphatic rings. The van der Waals surface area contributed by atoms with Crippen molar-refractivity contribution in [1.82, 2.24) is 5.32 Å². The number of carbonyl (C=O) groups excluding carboxylic acids is 1. The van der Waals surface area contributed by atoms with Crippen LogP contribution in [0.3, 0.4) is 0 Å². The molecule has 0 radical (unpaired) electrons. The van der Waals surface area contributed by atoms with Crippen molar-refractivity contribution >= 4 is 5.91 Å². The zero-order chi connectivity index (χ0) is 12.1. The van der Waals surface area contributed by atoms with Crippen molar-refractivity contribution in [1.29, 1.82) is 0 Å². The molecule has 0 spiro atoms. The van der Waals surface area contributed by atoms with E-state index in [0.29, 0.717) is 31.7 Å². The highest BCUT2D eigenvalue weighted by Gasteiger charge is 2.28. The Bertz CT molecular complexity index is 225. The van der Waals surface area contributed by atoms with Gasteiger partial charge in [-0.15, -0.1) is 0 Å². The van der Waals surface area contributed by atoms with Gasteiger partial charge in [0.2, 0.25) is 5.91 Å². The lowest BCUT2D eigenvalue weighted by Gasteiger charge is -2.32. The molecule has 94 valence electrons. The Morgan fingerprint density at radius 2 is 2.12 bits per heavy atom. The summed E-state index contributed by atoms with van der Waals surface area (Å²) in [6.45, 7) is 4.85. The van der Waals surface area contributed by atoms with Crippen molar-refractivity contribution in [3.8, 4) is 0 Å². The first-order valence-corrected chi connectivity index (χ1v) is 6.18. The molecule has 1 saturated carbocycles. The normalized spacial score (nSPS) is 26.3. The first-order valence-electron chi connectivity index (χ1n) is 6.18. The smallest absolute Gasteiger partial charge is 0.220 e. The van der Waals surface area contributed by atoms with Crippen LogP contribution in [-0.2, 0) is 4.79 Å². The van der Waals surface area contributed by atoms with Crippen molar-refractivity contribution in [2.24, 2.45) is 17.6 Å². The Morgan fingerprint density at radius 1 is 1.50 bits per heavy atom. The van der Waals surface area contributed by atoms with Crippen LogP contribution in [0.4, 0.5) is 0 Å². The van der Waals surface area contributed by atoms with Gasteiger partial charge in [-0.2, -0.15) is 0 Å². The SMILES string of the molecule is CC(C)C[C@H](CN)CC(=O)NC1CC(O)C1. The summed E-state index contributed by atoms with van der Waals surface area (Å²) in [5, 5.41) is 12.0.